The molecule has 1 aliphatic carbocycles. The van der Waals surface area contributed by atoms with Crippen LogP contribution in [0, 0.1) is 11.8 Å². The van der Waals surface area contributed by atoms with Gasteiger partial charge in [0.05, 0.1) is 0 Å². The van der Waals surface area contributed by atoms with E-state index in [1.165, 1.54) is 0 Å². The van der Waals surface area contributed by atoms with Crippen LogP contribution in [0.2, 0.25) is 0 Å². The molecule has 4 nitrogen and oxygen atoms in total. The summed E-state index contributed by atoms with van der Waals surface area (Å²) in [6, 6.07) is -0.505. The van der Waals surface area contributed by atoms with Crippen molar-refractivity contribution < 1.29 is 14.3 Å². The second-order valence-corrected chi connectivity index (χ2v) is 5.57. The van der Waals surface area contributed by atoms with Crippen LogP contribution in [0.25, 0.3) is 0 Å². The molecular formula is C14H27NO3. The van der Waals surface area contributed by atoms with Crippen molar-refractivity contribution in [3.8, 4) is 0 Å². The summed E-state index contributed by atoms with van der Waals surface area (Å²) in [4.78, 5) is 11.8. The zero-order valence-electron chi connectivity index (χ0n) is 11.9. The van der Waals surface area contributed by atoms with E-state index in [0.717, 1.165) is 31.6 Å². The molecule has 0 aliphatic heterocycles. The number of carbonyl (C=O) groups excluding carboxylic acids is 1. The van der Waals surface area contributed by atoms with Gasteiger partial charge in [-0.1, -0.05) is 13.8 Å². The molecule has 2 N–H and O–H groups in total. The van der Waals surface area contributed by atoms with Crippen molar-refractivity contribution in [1.29, 1.82) is 0 Å². The summed E-state index contributed by atoms with van der Waals surface area (Å²) in [5.74, 6) is 1.11. The fourth-order valence-corrected chi connectivity index (χ4v) is 2.42. The van der Waals surface area contributed by atoms with Gasteiger partial charge in [-0.2, -0.15) is 0 Å². The van der Waals surface area contributed by atoms with Crippen molar-refractivity contribution >= 4 is 5.97 Å². The topological polar surface area (TPSA) is 61.5 Å². The number of esters is 1. The van der Waals surface area contributed by atoms with Gasteiger partial charge in [0, 0.05) is 13.7 Å². The first kappa shape index (κ1) is 15.4. The van der Waals surface area contributed by atoms with Crippen LogP contribution >= 0.6 is 0 Å². The van der Waals surface area contributed by atoms with Crippen molar-refractivity contribution in [3.63, 3.8) is 0 Å². The Labute approximate surface area is 110 Å². The van der Waals surface area contributed by atoms with Crippen LogP contribution < -0.4 is 5.73 Å². The third kappa shape index (κ3) is 4.94. The lowest BCUT2D eigenvalue weighted by Gasteiger charge is -2.32. The SMILES string of the molecule is COCCCC(N)C(=O)OC1CCC(C)C(C)C1. The quantitative estimate of drug-likeness (QED) is 0.585. The van der Waals surface area contributed by atoms with Crippen LogP contribution in [0.4, 0.5) is 0 Å². The lowest BCUT2D eigenvalue weighted by atomic mass is 9.80. The number of hydrogen-bond acceptors (Lipinski definition) is 4. The highest BCUT2D eigenvalue weighted by atomic mass is 16.5. The highest BCUT2D eigenvalue weighted by Crippen LogP contribution is 2.31. The molecule has 4 unspecified atom stereocenters. The zero-order chi connectivity index (χ0) is 13.5. The number of hydrogen-bond donors (Lipinski definition) is 1. The molecule has 18 heavy (non-hydrogen) atoms. The molecule has 106 valence electrons. The van der Waals surface area contributed by atoms with Gasteiger partial charge in [-0.3, -0.25) is 4.79 Å². The van der Waals surface area contributed by atoms with Gasteiger partial charge in [0.15, 0.2) is 0 Å². The Morgan fingerprint density at radius 3 is 2.67 bits per heavy atom. The Morgan fingerprint density at radius 1 is 1.33 bits per heavy atom. The summed E-state index contributed by atoms with van der Waals surface area (Å²) in [6.45, 7) is 5.13. The summed E-state index contributed by atoms with van der Waals surface area (Å²) >= 11 is 0. The molecule has 0 amide bonds. The third-order valence-corrected chi connectivity index (χ3v) is 4.00. The molecule has 0 aromatic heterocycles. The van der Waals surface area contributed by atoms with E-state index in [0.29, 0.717) is 18.9 Å². The first-order chi connectivity index (χ1) is 8.54. The van der Waals surface area contributed by atoms with Gasteiger partial charge in [-0.15, -0.1) is 0 Å². The molecule has 1 saturated carbocycles. The molecule has 0 radical (unpaired) electrons. The number of ether oxygens (including phenoxy) is 2. The van der Waals surface area contributed by atoms with Gasteiger partial charge >= 0.3 is 5.97 Å². The summed E-state index contributed by atoms with van der Waals surface area (Å²) in [5, 5.41) is 0. The molecule has 0 aromatic carbocycles. The van der Waals surface area contributed by atoms with E-state index in [2.05, 4.69) is 13.8 Å². The maximum atomic E-state index is 11.8. The van der Waals surface area contributed by atoms with Gasteiger partial charge < -0.3 is 15.2 Å². The maximum absolute atomic E-state index is 11.8. The van der Waals surface area contributed by atoms with E-state index < -0.39 is 6.04 Å². The summed E-state index contributed by atoms with van der Waals surface area (Å²) in [7, 11) is 1.65. The van der Waals surface area contributed by atoms with Crippen molar-refractivity contribution in [3.05, 3.63) is 0 Å². The molecule has 4 heteroatoms. The van der Waals surface area contributed by atoms with E-state index >= 15 is 0 Å². The Kier molecular flexibility index (Phi) is 6.65. The monoisotopic (exact) mass is 257 g/mol. The minimum Gasteiger partial charge on any atom is -0.461 e. The average Bonchev–Trinajstić information content (AvgIpc) is 2.34. The number of rotatable bonds is 6. The van der Waals surface area contributed by atoms with E-state index in [9.17, 15) is 4.79 Å². The van der Waals surface area contributed by atoms with Crippen LogP contribution in [0.1, 0.15) is 46.0 Å². The van der Waals surface area contributed by atoms with Crippen LogP contribution in [0.5, 0.6) is 0 Å². The number of carbonyl (C=O) groups is 1. The van der Waals surface area contributed by atoms with E-state index in [4.69, 9.17) is 15.2 Å². The van der Waals surface area contributed by atoms with Gasteiger partial charge in [0.2, 0.25) is 0 Å². The summed E-state index contributed by atoms with van der Waals surface area (Å²) in [5.41, 5.74) is 5.81. The molecule has 1 rings (SSSR count). The van der Waals surface area contributed by atoms with Gasteiger partial charge in [-0.25, -0.2) is 0 Å². The number of nitrogens with two attached hydrogens (primary N) is 1. The molecule has 0 spiro atoms. The normalized spacial score (nSPS) is 29.9. The lowest BCUT2D eigenvalue weighted by Crippen LogP contribution is -2.37. The van der Waals surface area contributed by atoms with E-state index in [1.807, 2.05) is 0 Å². The molecule has 0 heterocycles. The van der Waals surface area contributed by atoms with Crippen molar-refractivity contribution in [2.45, 2.75) is 58.1 Å². The number of methoxy groups -OCH3 is 1. The standard InChI is InChI=1S/C14H27NO3/c1-10-6-7-12(9-11(10)2)18-14(16)13(15)5-4-8-17-3/h10-13H,4-9,15H2,1-3H3. The highest BCUT2D eigenvalue weighted by molar-refractivity contribution is 5.75. The van der Waals surface area contributed by atoms with Crippen LogP contribution in [0.15, 0.2) is 0 Å². The van der Waals surface area contributed by atoms with Crippen LogP contribution in [-0.2, 0) is 14.3 Å². The first-order valence-electron chi connectivity index (χ1n) is 6.99. The predicted octanol–water partition coefficient (Wildman–Crippen LogP) is 2.11. The van der Waals surface area contributed by atoms with Crippen molar-refractivity contribution in [2.75, 3.05) is 13.7 Å². The van der Waals surface area contributed by atoms with Gasteiger partial charge in [0.25, 0.3) is 0 Å². The Hall–Kier alpha value is -0.610. The van der Waals surface area contributed by atoms with Crippen LogP contribution in [-0.4, -0.2) is 31.8 Å². The smallest absolute Gasteiger partial charge is 0.323 e. The first-order valence-corrected chi connectivity index (χ1v) is 6.99. The molecule has 1 aliphatic rings. The lowest BCUT2D eigenvalue weighted by molar-refractivity contribution is -0.153. The second kappa shape index (κ2) is 7.74. The molecule has 0 aromatic rings. The molecular weight excluding hydrogens is 230 g/mol. The molecule has 4 atom stereocenters. The zero-order valence-corrected chi connectivity index (χ0v) is 11.9. The molecule has 1 fully saturated rings. The van der Waals surface area contributed by atoms with Crippen LogP contribution in [0.3, 0.4) is 0 Å². The Bertz CT molecular complexity index is 257. The maximum Gasteiger partial charge on any atom is 0.323 e. The summed E-state index contributed by atoms with van der Waals surface area (Å²) < 4.78 is 10.4. The Morgan fingerprint density at radius 2 is 2.06 bits per heavy atom. The Balaban J connectivity index is 2.26. The van der Waals surface area contributed by atoms with Gasteiger partial charge in [0.1, 0.15) is 12.1 Å². The highest BCUT2D eigenvalue weighted by Gasteiger charge is 2.28. The van der Waals surface area contributed by atoms with E-state index in [-0.39, 0.29) is 12.1 Å². The summed E-state index contributed by atoms with van der Waals surface area (Å²) in [6.07, 6.45) is 4.57. The fourth-order valence-electron chi connectivity index (χ4n) is 2.42. The predicted molar refractivity (Wildman–Crippen MR) is 71.1 cm³/mol. The molecule has 0 bridgehead atoms. The van der Waals surface area contributed by atoms with E-state index in [1.54, 1.807) is 7.11 Å². The van der Waals surface area contributed by atoms with Gasteiger partial charge in [-0.05, 0) is 43.9 Å². The minimum atomic E-state index is -0.505. The minimum absolute atomic E-state index is 0.0668. The molecule has 0 saturated heterocycles. The fraction of sp³-hybridized carbons (Fsp3) is 0.929. The third-order valence-electron chi connectivity index (χ3n) is 4.00. The average molecular weight is 257 g/mol. The van der Waals surface area contributed by atoms with Crippen molar-refractivity contribution in [1.82, 2.24) is 0 Å². The second-order valence-electron chi connectivity index (χ2n) is 5.57. The van der Waals surface area contributed by atoms with Crippen molar-refractivity contribution in [2.24, 2.45) is 17.6 Å². The largest absolute Gasteiger partial charge is 0.461 e.